The van der Waals surface area contributed by atoms with E-state index in [1.165, 1.54) is 0 Å². The number of hydrogen-bond donors (Lipinski definition) is 1. The standard InChI is InChI=1S/C13H15N5O/c19-13-10(5-4-8-14-13)9-12-15-16-17-18(12)11-6-2-1-3-7-11/h1-3,6-7,10H,4-5,8-9H2,(H,14,19). The van der Waals surface area contributed by atoms with Gasteiger partial charge in [-0.1, -0.05) is 18.2 Å². The number of amides is 1. The quantitative estimate of drug-likeness (QED) is 0.879. The number of carbonyl (C=O) groups excluding carboxylic acids is 1. The monoisotopic (exact) mass is 257 g/mol. The Bertz CT molecular complexity index is 565. The topological polar surface area (TPSA) is 72.7 Å². The van der Waals surface area contributed by atoms with Gasteiger partial charge >= 0.3 is 0 Å². The summed E-state index contributed by atoms with van der Waals surface area (Å²) in [7, 11) is 0. The second kappa shape index (κ2) is 5.17. The number of rotatable bonds is 3. The lowest BCUT2D eigenvalue weighted by Crippen LogP contribution is -2.37. The van der Waals surface area contributed by atoms with Crippen LogP contribution in [0, 0.1) is 5.92 Å². The summed E-state index contributed by atoms with van der Waals surface area (Å²) in [6, 6.07) is 9.71. The predicted octanol–water partition coefficient (Wildman–Crippen LogP) is 0.731. The third-order valence-electron chi connectivity index (χ3n) is 3.36. The largest absolute Gasteiger partial charge is 0.356 e. The zero-order valence-corrected chi connectivity index (χ0v) is 10.5. The van der Waals surface area contributed by atoms with Crippen molar-refractivity contribution in [1.29, 1.82) is 0 Å². The van der Waals surface area contributed by atoms with Crippen LogP contribution in [-0.2, 0) is 11.2 Å². The Morgan fingerprint density at radius 2 is 2.16 bits per heavy atom. The molecule has 0 bridgehead atoms. The van der Waals surface area contributed by atoms with Gasteiger partial charge in [-0.2, -0.15) is 4.68 Å². The molecule has 1 fully saturated rings. The SMILES string of the molecule is O=C1NCCCC1Cc1nnnn1-c1ccccc1. The molecule has 1 aliphatic rings. The van der Waals surface area contributed by atoms with E-state index >= 15 is 0 Å². The van der Waals surface area contributed by atoms with Crippen molar-refractivity contribution in [2.24, 2.45) is 5.92 Å². The molecule has 6 heteroatoms. The van der Waals surface area contributed by atoms with E-state index in [4.69, 9.17) is 0 Å². The molecule has 0 spiro atoms. The fourth-order valence-electron chi connectivity index (χ4n) is 2.35. The first-order chi connectivity index (χ1) is 9.34. The molecule has 2 heterocycles. The highest BCUT2D eigenvalue weighted by molar-refractivity contribution is 5.79. The molecule has 1 atom stereocenters. The van der Waals surface area contributed by atoms with Gasteiger partial charge in [0, 0.05) is 18.9 Å². The van der Waals surface area contributed by atoms with E-state index in [2.05, 4.69) is 20.8 Å². The molecule has 1 aliphatic heterocycles. The summed E-state index contributed by atoms with van der Waals surface area (Å²) >= 11 is 0. The Morgan fingerprint density at radius 1 is 1.32 bits per heavy atom. The normalized spacial score (nSPS) is 19.2. The van der Waals surface area contributed by atoms with Crippen LogP contribution in [0.15, 0.2) is 30.3 Å². The first-order valence-corrected chi connectivity index (χ1v) is 6.45. The number of aromatic nitrogens is 4. The van der Waals surface area contributed by atoms with Crippen molar-refractivity contribution in [1.82, 2.24) is 25.5 Å². The number of para-hydroxylation sites is 1. The average Bonchev–Trinajstić information content (AvgIpc) is 2.91. The molecule has 6 nitrogen and oxygen atoms in total. The van der Waals surface area contributed by atoms with Gasteiger partial charge in [0.15, 0.2) is 5.82 Å². The van der Waals surface area contributed by atoms with Crippen LogP contribution in [0.2, 0.25) is 0 Å². The second-order valence-electron chi connectivity index (χ2n) is 4.68. The van der Waals surface area contributed by atoms with Crippen LogP contribution in [0.25, 0.3) is 5.69 Å². The zero-order chi connectivity index (χ0) is 13.1. The zero-order valence-electron chi connectivity index (χ0n) is 10.5. The van der Waals surface area contributed by atoms with Crippen molar-refractivity contribution in [3.8, 4) is 5.69 Å². The van der Waals surface area contributed by atoms with Gasteiger partial charge < -0.3 is 5.32 Å². The van der Waals surface area contributed by atoms with Crippen LogP contribution in [-0.4, -0.2) is 32.7 Å². The van der Waals surface area contributed by atoms with Crippen LogP contribution in [0.5, 0.6) is 0 Å². The molecule has 1 N–H and O–H groups in total. The lowest BCUT2D eigenvalue weighted by Gasteiger charge is -2.21. The van der Waals surface area contributed by atoms with Crippen LogP contribution in [0.4, 0.5) is 0 Å². The number of hydrogen-bond acceptors (Lipinski definition) is 4. The maximum absolute atomic E-state index is 11.8. The summed E-state index contributed by atoms with van der Waals surface area (Å²) in [5, 5.41) is 14.7. The van der Waals surface area contributed by atoms with Gasteiger partial charge in [-0.25, -0.2) is 0 Å². The number of carbonyl (C=O) groups is 1. The fourth-order valence-corrected chi connectivity index (χ4v) is 2.35. The highest BCUT2D eigenvalue weighted by atomic mass is 16.1. The predicted molar refractivity (Wildman–Crippen MR) is 68.6 cm³/mol. The molecule has 0 radical (unpaired) electrons. The summed E-state index contributed by atoms with van der Waals surface area (Å²) in [6.45, 7) is 0.777. The Labute approximate surface area is 110 Å². The molecule has 19 heavy (non-hydrogen) atoms. The Morgan fingerprint density at radius 3 is 2.95 bits per heavy atom. The number of tetrazole rings is 1. The first-order valence-electron chi connectivity index (χ1n) is 6.45. The third-order valence-corrected chi connectivity index (χ3v) is 3.36. The summed E-state index contributed by atoms with van der Waals surface area (Å²) in [4.78, 5) is 11.8. The molecule has 1 unspecified atom stereocenters. The highest BCUT2D eigenvalue weighted by Crippen LogP contribution is 2.17. The average molecular weight is 257 g/mol. The van der Waals surface area contributed by atoms with Crippen molar-refractivity contribution in [3.63, 3.8) is 0 Å². The van der Waals surface area contributed by atoms with Gasteiger partial charge in [-0.05, 0) is 35.4 Å². The van der Waals surface area contributed by atoms with Gasteiger partial charge in [0.25, 0.3) is 0 Å². The molecule has 3 rings (SSSR count). The van der Waals surface area contributed by atoms with Gasteiger partial charge in [-0.15, -0.1) is 5.10 Å². The van der Waals surface area contributed by atoms with Gasteiger partial charge in [0.2, 0.25) is 5.91 Å². The van der Waals surface area contributed by atoms with Gasteiger partial charge in [0.05, 0.1) is 5.69 Å². The summed E-state index contributed by atoms with van der Waals surface area (Å²) in [5.74, 6) is 0.810. The molecule has 1 amide bonds. The number of nitrogens with one attached hydrogen (secondary N) is 1. The van der Waals surface area contributed by atoms with Crippen molar-refractivity contribution in [2.45, 2.75) is 19.3 Å². The van der Waals surface area contributed by atoms with E-state index in [1.54, 1.807) is 4.68 Å². The maximum Gasteiger partial charge on any atom is 0.223 e. The van der Waals surface area contributed by atoms with Crippen LogP contribution < -0.4 is 5.32 Å². The summed E-state index contributed by atoms with van der Waals surface area (Å²) in [6.07, 6.45) is 2.49. The molecular weight excluding hydrogens is 242 g/mol. The maximum atomic E-state index is 11.8. The highest BCUT2D eigenvalue weighted by Gasteiger charge is 2.24. The minimum atomic E-state index is -0.0257. The number of benzene rings is 1. The van der Waals surface area contributed by atoms with E-state index in [0.717, 1.165) is 30.9 Å². The van der Waals surface area contributed by atoms with Crippen molar-refractivity contribution in [3.05, 3.63) is 36.2 Å². The van der Waals surface area contributed by atoms with Crippen LogP contribution >= 0.6 is 0 Å². The Balaban J connectivity index is 1.82. The Kier molecular flexibility index (Phi) is 3.22. The second-order valence-corrected chi connectivity index (χ2v) is 4.68. The number of nitrogens with zero attached hydrogens (tertiary/aromatic N) is 4. The molecule has 1 aromatic carbocycles. The molecular formula is C13H15N5O. The summed E-state index contributed by atoms with van der Waals surface area (Å²) < 4.78 is 1.70. The Hall–Kier alpha value is -2.24. The van der Waals surface area contributed by atoms with Crippen LogP contribution in [0.1, 0.15) is 18.7 Å². The van der Waals surface area contributed by atoms with Crippen molar-refractivity contribution < 1.29 is 4.79 Å². The van der Waals surface area contributed by atoms with Gasteiger partial charge in [0.1, 0.15) is 0 Å². The van der Waals surface area contributed by atoms with E-state index in [0.29, 0.717) is 6.42 Å². The summed E-state index contributed by atoms with van der Waals surface area (Å²) in [5.41, 5.74) is 0.915. The van der Waals surface area contributed by atoms with E-state index in [1.807, 2.05) is 30.3 Å². The lowest BCUT2D eigenvalue weighted by molar-refractivity contribution is -0.126. The minimum Gasteiger partial charge on any atom is -0.356 e. The van der Waals surface area contributed by atoms with Gasteiger partial charge in [-0.3, -0.25) is 4.79 Å². The van der Waals surface area contributed by atoms with Crippen LogP contribution in [0.3, 0.4) is 0 Å². The fraction of sp³-hybridized carbons (Fsp3) is 0.385. The van der Waals surface area contributed by atoms with E-state index in [9.17, 15) is 4.79 Å². The third kappa shape index (κ3) is 2.47. The van der Waals surface area contributed by atoms with Crippen molar-refractivity contribution >= 4 is 5.91 Å². The molecule has 0 aliphatic carbocycles. The van der Waals surface area contributed by atoms with E-state index in [-0.39, 0.29) is 11.8 Å². The molecule has 2 aromatic rings. The minimum absolute atomic E-state index is 0.0257. The first kappa shape index (κ1) is 11.8. The molecule has 98 valence electrons. The lowest BCUT2D eigenvalue weighted by atomic mass is 9.95. The molecule has 1 aromatic heterocycles. The molecule has 1 saturated heterocycles. The van der Waals surface area contributed by atoms with E-state index < -0.39 is 0 Å². The van der Waals surface area contributed by atoms with Crippen molar-refractivity contribution in [2.75, 3.05) is 6.54 Å². The number of piperidine rings is 1. The molecule has 0 saturated carbocycles. The smallest absolute Gasteiger partial charge is 0.223 e.